The molecule has 3 saturated heterocycles. The summed E-state index contributed by atoms with van der Waals surface area (Å²) in [6.45, 7) is -1.11. The van der Waals surface area contributed by atoms with Crippen LogP contribution in [0.3, 0.4) is 0 Å². The molecule has 3 fully saturated rings. The zero-order chi connectivity index (χ0) is 28.3. The molecule has 10 N–H and O–H groups in total. The van der Waals surface area contributed by atoms with Gasteiger partial charge in [0.1, 0.15) is 73.2 Å². The van der Waals surface area contributed by atoms with Crippen LogP contribution in [-0.2, 0) is 33.2 Å². The van der Waals surface area contributed by atoms with Gasteiger partial charge in [0.15, 0.2) is 18.9 Å². The van der Waals surface area contributed by atoms with Crippen molar-refractivity contribution in [3.05, 3.63) is 0 Å². The Balaban J connectivity index is 1.92. The van der Waals surface area contributed by atoms with Crippen LogP contribution in [0.1, 0.15) is 6.92 Å². The highest BCUT2D eigenvalue weighted by Crippen LogP contribution is 2.32. The van der Waals surface area contributed by atoms with Crippen molar-refractivity contribution in [3.63, 3.8) is 0 Å². The number of amides is 1. The maximum atomic E-state index is 12.1. The molecule has 3 aliphatic heterocycles. The number of hydrogen-bond donors (Lipinski definition) is 10. The molecule has 0 spiro atoms. The highest BCUT2D eigenvalue weighted by Gasteiger charge is 2.54. The lowest BCUT2D eigenvalue weighted by molar-refractivity contribution is -0.364. The Hall–Kier alpha value is -1.13. The summed E-state index contributed by atoms with van der Waals surface area (Å²) in [5.41, 5.74) is 0. The van der Waals surface area contributed by atoms with Gasteiger partial charge in [0.05, 0.1) is 19.8 Å². The van der Waals surface area contributed by atoms with Gasteiger partial charge in [-0.15, -0.1) is 0 Å². The summed E-state index contributed by atoms with van der Waals surface area (Å²) < 4.78 is 32.8. The van der Waals surface area contributed by atoms with E-state index in [9.17, 15) is 50.8 Å². The number of methoxy groups -OCH3 is 1. The third-order valence-corrected chi connectivity index (χ3v) is 6.74. The molecule has 15 atom stereocenters. The first-order valence-corrected chi connectivity index (χ1v) is 12.0. The van der Waals surface area contributed by atoms with Gasteiger partial charge < -0.3 is 79.7 Å². The number of hydrogen-bond acceptors (Lipinski definition) is 16. The van der Waals surface area contributed by atoms with Crippen molar-refractivity contribution in [2.45, 2.75) is 99.0 Å². The van der Waals surface area contributed by atoms with E-state index in [1.165, 1.54) is 7.11 Å². The van der Waals surface area contributed by atoms with Crippen molar-refractivity contribution in [2.75, 3.05) is 26.9 Å². The topological polar surface area (TPSA) is 267 Å². The minimum absolute atomic E-state index is 0.659. The molecule has 3 heterocycles. The Bertz CT molecular complexity index is 763. The molecule has 3 aliphatic rings. The fourth-order valence-electron chi connectivity index (χ4n) is 4.69. The van der Waals surface area contributed by atoms with E-state index in [4.69, 9.17) is 28.4 Å². The SMILES string of the molecule is CO[C@H]1[C@H](O[C@H]2[C@H](O)[C@@H](CO)O[C@@H](O[C@H]3[C@@H](O)[C@@H](CO)OC(O)[C@@H]3O)[C@@H]2NC(C)=O)O[C@H](CO)[C@H](O)[C@@H]1O. The zero-order valence-electron chi connectivity index (χ0n) is 20.7. The van der Waals surface area contributed by atoms with Crippen LogP contribution in [0.4, 0.5) is 0 Å². The maximum absolute atomic E-state index is 12.1. The summed E-state index contributed by atoms with van der Waals surface area (Å²) in [6.07, 6.45) is -21.9. The smallest absolute Gasteiger partial charge is 0.217 e. The van der Waals surface area contributed by atoms with Crippen LogP contribution in [0.2, 0.25) is 0 Å². The molecule has 17 nitrogen and oxygen atoms in total. The molecule has 1 amide bonds. The minimum Gasteiger partial charge on any atom is -0.394 e. The van der Waals surface area contributed by atoms with Crippen molar-refractivity contribution in [2.24, 2.45) is 0 Å². The van der Waals surface area contributed by atoms with Crippen LogP contribution < -0.4 is 5.32 Å². The molecular formula is C21H37NO16. The van der Waals surface area contributed by atoms with Gasteiger partial charge in [-0.1, -0.05) is 0 Å². The second-order valence-electron chi connectivity index (χ2n) is 9.28. The molecule has 0 bridgehead atoms. The summed E-state index contributed by atoms with van der Waals surface area (Å²) in [7, 11) is 1.19. The second kappa shape index (κ2) is 13.5. The van der Waals surface area contributed by atoms with Gasteiger partial charge in [-0.25, -0.2) is 0 Å². The van der Waals surface area contributed by atoms with Crippen LogP contribution in [0.25, 0.3) is 0 Å². The first-order valence-electron chi connectivity index (χ1n) is 12.0. The first-order chi connectivity index (χ1) is 18.0. The van der Waals surface area contributed by atoms with Gasteiger partial charge in [0, 0.05) is 14.0 Å². The lowest BCUT2D eigenvalue weighted by Crippen LogP contribution is -2.69. The molecule has 17 heteroatoms. The van der Waals surface area contributed by atoms with Crippen molar-refractivity contribution in [1.29, 1.82) is 0 Å². The molecule has 0 aromatic carbocycles. The molecule has 0 aromatic rings. The predicted octanol–water partition coefficient (Wildman–Crippen LogP) is -6.78. The molecular weight excluding hydrogens is 522 g/mol. The third-order valence-electron chi connectivity index (χ3n) is 6.74. The lowest BCUT2D eigenvalue weighted by atomic mass is 9.94. The van der Waals surface area contributed by atoms with E-state index in [1.807, 2.05) is 0 Å². The van der Waals surface area contributed by atoms with E-state index in [0.717, 1.165) is 6.92 Å². The average molecular weight is 560 g/mol. The molecule has 0 radical (unpaired) electrons. The number of aliphatic hydroxyl groups is 9. The first kappa shape index (κ1) is 31.4. The predicted molar refractivity (Wildman–Crippen MR) is 118 cm³/mol. The number of carbonyl (C=O) groups is 1. The Morgan fingerprint density at radius 3 is 1.74 bits per heavy atom. The van der Waals surface area contributed by atoms with Crippen LogP contribution in [-0.4, -0.2) is 171 Å². The third kappa shape index (κ3) is 6.43. The fourth-order valence-corrected chi connectivity index (χ4v) is 4.69. The fraction of sp³-hybridized carbons (Fsp3) is 0.952. The highest BCUT2D eigenvalue weighted by molar-refractivity contribution is 5.73. The Morgan fingerprint density at radius 1 is 0.684 bits per heavy atom. The molecule has 38 heavy (non-hydrogen) atoms. The van der Waals surface area contributed by atoms with E-state index in [0.29, 0.717) is 0 Å². The number of rotatable bonds is 9. The summed E-state index contributed by atoms with van der Waals surface area (Å²) in [5, 5.41) is 93.7. The van der Waals surface area contributed by atoms with Gasteiger partial charge in [-0.2, -0.15) is 0 Å². The monoisotopic (exact) mass is 559 g/mol. The van der Waals surface area contributed by atoms with Crippen molar-refractivity contribution >= 4 is 5.91 Å². The minimum atomic E-state index is -1.86. The quantitative estimate of drug-likeness (QED) is 0.126. The average Bonchev–Trinajstić information content (AvgIpc) is 2.88. The van der Waals surface area contributed by atoms with Gasteiger partial charge in [0.25, 0.3) is 0 Å². The van der Waals surface area contributed by atoms with Crippen molar-refractivity contribution in [1.82, 2.24) is 5.32 Å². The molecule has 0 aromatic heterocycles. The van der Waals surface area contributed by atoms with Crippen LogP contribution in [0.15, 0.2) is 0 Å². The second-order valence-corrected chi connectivity index (χ2v) is 9.28. The van der Waals surface area contributed by atoms with Gasteiger partial charge in [0.2, 0.25) is 5.91 Å². The van der Waals surface area contributed by atoms with E-state index < -0.39 is 118 Å². The normalized spacial score (nSPS) is 48.0. The van der Waals surface area contributed by atoms with Crippen LogP contribution in [0, 0.1) is 0 Å². The largest absolute Gasteiger partial charge is 0.394 e. The summed E-state index contributed by atoms with van der Waals surface area (Å²) in [4.78, 5) is 12.1. The van der Waals surface area contributed by atoms with Gasteiger partial charge in [-0.05, 0) is 0 Å². The van der Waals surface area contributed by atoms with Gasteiger partial charge >= 0.3 is 0 Å². The standard InChI is InChI=1S/C21H37NO16/c1-6(26)22-10-16(37-21-18(33-2)14(30)11(27)7(3-23)36-21)12(28)9(5-25)35-20(10)38-17-13(29)8(4-24)34-19(32)15(17)31/h7-21,23-25,27-32H,3-5H2,1-2H3,(H,22,26)/t7-,8-,9-,10-,11+,12-,13+,14+,15-,16-,17+,18-,19?,20+,21+/m1/s1. The van der Waals surface area contributed by atoms with E-state index in [-0.39, 0.29) is 0 Å². The molecule has 1 unspecified atom stereocenters. The molecule has 0 aliphatic carbocycles. The highest BCUT2D eigenvalue weighted by atomic mass is 16.7. The van der Waals surface area contributed by atoms with E-state index >= 15 is 0 Å². The summed E-state index contributed by atoms with van der Waals surface area (Å²) in [5.74, 6) is -0.659. The molecule has 3 rings (SSSR count). The van der Waals surface area contributed by atoms with Gasteiger partial charge in [-0.3, -0.25) is 4.79 Å². The lowest BCUT2D eigenvalue weighted by Gasteiger charge is -2.49. The van der Waals surface area contributed by atoms with Crippen LogP contribution in [0.5, 0.6) is 0 Å². The molecule has 222 valence electrons. The number of ether oxygens (including phenoxy) is 6. The number of carbonyl (C=O) groups excluding carboxylic acids is 1. The van der Waals surface area contributed by atoms with Crippen molar-refractivity contribution in [3.8, 4) is 0 Å². The number of aliphatic hydroxyl groups excluding tert-OH is 9. The maximum Gasteiger partial charge on any atom is 0.217 e. The zero-order valence-corrected chi connectivity index (χ0v) is 20.7. The Morgan fingerprint density at radius 2 is 1.18 bits per heavy atom. The summed E-state index contributed by atoms with van der Waals surface area (Å²) in [6, 6.07) is -1.42. The van der Waals surface area contributed by atoms with Crippen molar-refractivity contribution < 1.29 is 79.2 Å². The Kier molecular flexibility index (Phi) is 11.1. The number of nitrogens with one attached hydrogen (secondary N) is 1. The van der Waals surface area contributed by atoms with E-state index in [2.05, 4.69) is 5.32 Å². The Labute approximate surface area is 217 Å². The van der Waals surface area contributed by atoms with Crippen LogP contribution >= 0.6 is 0 Å². The molecule has 0 saturated carbocycles. The van der Waals surface area contributed by atoms with E-state index in [1.54, 1.807) is 0 Å². The summed E-state index contributed by atoms with van der Waals surface area (Å²) >= 11 is 0.